The number of amides is 2. The first-order chi connectivity index (χ1) is 18.2. The molecule has 0 spiro atoms. The summed E-state index contributed by atoms with van der Waals surface area (Å²) in [6, 6.07) is 14.2. The van der Waals surface area contributed by atoms with Crippen LogP contribution in [-0.4, -0.2) is 76.0 Å². The summed E-state index contributed by atoms with van der Waals surface area (Å²) < 4.78 is 5.35. The number of esters is 1. The van der Waals surface area contributed by atoms with E-state index in [1.54, 1.807) is 38.1 Å². The summed E-state index contributed by atoms with van der Waals surface area (Å²) in [5, 5.41) is 10.4. The van der Waals surface area contributed by atoms with E-state index in [-0.39, 0.29) is 25.4 Å². The molecule has 0 aliphatic carbocycles. The summed E-state index contributed by atoms with van der Waals surface area (Å²) in [7, 11) is 0. The molecule has 9 nitrogen and oxygen atoms in total. The second kappa shape index (κ2) is 13.7. The van der Waals surface area contributed by atoms with Gasteiger partial charge in [-0.2, -0.15) is 0 Å². The fourth-order valence-electron chi connectivity index (χ4n) is 4.94. The number of carbonyl (C=O) groups excluding carboxylic acids is 3. The maximum atomic E-state index is 14.2. The molecule has 0 aromatic heterocycles. The Bertz CT molecular complexity index is 1090. The van der Waals surface area contributed by atoms with Crippen LogP contribution in [0.15, 0.2) is 60.7 Å². The van der Waals surface area contributed by atoms with Crippen molar-refractivity contribution in [1.29, 1.82) is 0 Å². The van der Waals surface area contributed by atoms with Gasteiger partial charge in [0.1, 0.15) is 18.1 Å². The first-order valence-corrected chi connectivity index (χ1v) is 13.1. The second-order valence-electron chi connectivity index (χ2n) is 9.56. The normalized spacial score (nSPS) is 17.3. The highest BCUT2D eigenvalue weighted by atomic mass is 16.5. The van der Waals surface area contributed by atoms with Gasteiger partial charge in [-0.25, -0.2) is 9.59 Å². The zero-order valence-corrected chi connectivity index (χ0v) is 22.0. The van der Waals surface area contributed by atoms with Gasteiger partial charge in [0.25, 0.3) is 0 Å². The van der Waals surface area contributed by atoms with Crippen LogP contribution in [-0.2, 0) is 36.8 Å². The van der Waals surface area contributed by atoms with Gasteiger partial charge >= 0.3 is 11.9 Å². The SMILES string of the molecule is CCOC(=O)C(CCc1ccccc1)N(C(=O)[C@@H]1CCCN1C(=O)[C@H](C)N)[C@@H](Cc1ccccc1)C(=O)O. The number of ether oxygens (including phenoxy) is 1. The van der Waals surface area contributed by atoms with Gasteiger partial charge in [0.05, 0.1) is 12.6 Å². The van der Waals surface area contributed by atoms with Crippen molar-refractivity contribution >= 4 is 23.8 Å². The number of carboxylic acids is 1. The van der Waals surface area contributed by atoms with Crippen LogP contribution in [0.2, 0.25) is 0 Å². The van der Waals surface area contributed by atoms with Gasteiger partial charge in [-0.1, -0.05) is 60.7 Å². The van der Waals surface area contributed by atoms with Gasteiger partial charge in [-0.3, -0.25) is 9.59 Å². The molecule has 0 bridgehead atoms. The third-order valence-electron chi connectivity index (χ3n) is 6.80. The van der Waals surface area contributed by atoms with E-state index in [0.717, 1.165) is 10.5 Å². The highest BCUT2D eigenvalue weighted by Crippen LogP contribution is 2.26. The Labute approximate surface area is 223 Å². The van der Waals surface area contributed by atoms with E-state index in [1.807, 2.05) is 36.4 Å². The highest BCUT2D eigenvalue weighted by Gasteiger charge is 2.45. The maximum absolute atomic E-state index is 14.2. The van der Waals surface area contributed by atoms with Crippen LogP contribution in [0.3, 0.4) is 0 Å². The number of aryl methyl sites for hydroxylation is 1. The van der Waals surface area contributed by atoms with Gasteiger partial charge in [0.15, 0.2) is 0 Å². The molecule has 9 heteroatoms. The summed E-state index contributed by atoms with van der Waals surface area (Å²) >= 11 is 0. The van der Waals surface area contributed by atoms with Crippen molar-refractivity contribution in [2.75, 3.05) is 13.2 Å². The average Bonchev–Trinajstić information content (AvgIpc) is 3.40. The van der Waals surface area contributed by atoms with E-state index in [9.17, 15) is 24.3 Å². The third-order valence-corrected chi connectivity index (χ3v) is 6.80. The number of benzene rings is 2. The van der Waals surface area contributed by atoms with Gasteiger partial charge in [-0.15, -0.1) is 0 Å². The van der Waals surface area contributed by atoms with Crippen LogP contribution in [0.25, 0.3) is 0 Å². The Kier molecular flexibility index (Phi) is 10.4. The van der Waals surface area contributed by atoms with Gasteiger partial charge in [0, 0.05) is 13.0 Å². The molecule has 0 radical (unpaired) electrons. The lowest BCUT2D eigenvalue weighted by atomic mass is 9.97. The Balaban J connectivity index is 2.05. The van der Waals surface area contributed by atoms with Crippen molar-refractivity contribution in [1.82, 2.24) is 9.80 Å². The number of hydrogen-bond acceptors (Lipinski definition) is 6. The van der Waals surface area contributed by atoms with E-state index in [4.69, 9.17) is 10.5 Å². The lowest BCUT2D eigenvalue weighted by Crippen LogP contribution is -2.60. The number of carboxylic acid groups (broad SMARTS) is 1. The van der Waals surface area contributed by atoms with Crippen LogP contribution in [0.5, 0.6) is 0 Å². The molecule has 2 aromatic rings. The second-order valence-corrected chi connectivity index (χ2v) is 9.56. The predicted molar refractivity (Wildman–Crippen MR) is 142 cm³/mol. The van der Waals surface area contributed by atoms with Gasteiger partial charge < -0.3 is 25.4 Å². The number of aliphatic carboxylic acids is 1. The van der Waals surface area contributed by atoms with Crippen molar-refractivity contribution in [2.24, 2.45) is 5.73 Å². The lowest BCUT2D eigenvalue weighted by Gasteiger charge is -2.38. The molecule has 1 fully saturated rings. The Hall–Kier alpha value is -3.72. The minimum atomic E-state index is -1.34. The van der Waals surface area contributed by atoms with Crippen molar-refractivity contribution in [3.8, 4) is 0 Å². The Morgan fingerprint density at radius 3 is 2.18 bits per heavy atom. The first-order valence-electron chi connectivity index (χ1n) is 13.1. The Morgan fingerprint density at radius 2 is 1.63 bits per heavy atom. The van der Waals surface area contributed by atoms with Crippen molar-refractivity contribution in [3.05, 3.63) is 71.8 Å². The van der Waals surface area contributed by atoms with Gasteiger partial charge in [0.2, 0.25) is 11.8 Å². The van der Waals surface area contributed by atoms with E-state index >= 15 is 0 Å². The zero-order chi connectivity index (χ0) is 27.7. The average molecular weight is 524 g/mol. The molecule has 38 heavy (non-hydrogen) atoms. The highest BCUT2D eigenvalue weighted by molar-refractivity contribution is 5.95. The summed E-state index contributed by atoms with van der Waals surface area (Å²) in [5.74, 6) is -2.86. The first kappa shape index (κ1) is 28.8. The smallest absolute Gasteiger partial charge is 0.328 e. The molecule has 1 heterocycles. The van der Waals surface area contributed by atoms with Crippen molar-refractivity contribution < 1.29 is 29.0 Å². The van der Waals surface area contributed by atoms with Crippen LogP contribution in [0.4, 0.5) is 0 Å². The predicted octanol–water partition coefficient (Wildman–Crippen LogP) is 2.41. The van der Waals surface area contributed by atoms with E-state index in [2.05, 4.69) is 0 Å². The standard InChI is InChI=1S/C29H37N3O6/c1-3-38-29(37)24(17-16-21-11-6-4-7-12-21)32(25(28(35)36)19-22-13-8-5-9-14-22)27(34)23-15-10-18-31(23)26(33)20(2)30/h4-9,11-14,20,23-25H,3,10,15-19,30H2,1-2H3,(H,35,36)/t20-,23-,24?,25-/m0/s1. The minimum absolute atomic E-state index is 0.00286. The topological polar surface area (TPSA) is 130 Å². The molecule has 1 unspecified atom stereocenters. The molecule has 2 amide bonds. The molecule has 3 rings (SSSR count). The van der Waals surface area contributed by atoms with Crippen LogP contribution >= 0.6 is 0 Å². The summed E-state index contributed by atoms with van der Waals surface area (Å²) in [5.41, 5.74) is 7.49. The number of rotatable bonds is 12. The number of carbonyl (C=O) groups is 4. The molecular formula is C29H37N3O6. The fraction of sp³-hybridized carbons (Fsp3) is 0.448. The number of hydrogen-bond donors (Lipinski definition) is 2. The number of likely N-dealkylation sites (tertiary alicyclic amines) is 1. The Morgan fingerprint density at radius 1 is 1.03 bits per heavy atom. The van der Waals surface area contributed by atoms with Crippen LogP contribution in [0, 0.1) is 0 Å². The van der Waals surface area contributed by atoms with Crippen LogP contribution in [0.1, 0.15) is 44.2 Å². The molecule has 204 valence electrons. The van der Waals surface area contributed by atoms with Gasteiger partial charge in [-0.05, 0) is 50.7 Å². The summed E-state index contributed by atoms with van der Waals surface area (Å²) in [4.78, 5) is 55.6. The largest absolute Gasteiger partial charge is 0.480 e. The molecule has 3 N–H and O–H groups in total. The number of nitrogens with zero attached hydrogens (tertiary/aromatic N) is 2. The maximum Gasteiger partial charge on any atom is 0.328 e. The van der Waals surface area contributed by atoms with E-state index < -0.39 is 42.0 Å². The molecule has 1 saturated heterocycles. The summed E-state index contributed by atoms with van der Waals surface area (Å²) in [6.07, 6.45) is 1.53. The number of nitrogens with two attached hydrogens (primary N) is 1. The summed E-state index contributed by atoms with van der Waals surface area (Å²) in [6.45, 7) is 3.64. The molecule has 1 aliphatic rings. The fourth-order valence-corrected chi connectivity index (χ4v) is 4.94. The lowest BCUT2D eigenvalue weighted by molar-refractivity contribution is -0.165. The van der Waals surface area contributed by atoms with E-state index in [0.29, 0.717) is 31.4 Å². The van der Waals surface area contributed by atoms with E-state index in [1.165, 1.54) is 4.90 Å². The molecule has 4 atom stereocenters. The molecular weight excluding hydrogens is 486 g/mol. The van der Waals surface area contributed by atoms with Crippen LogP contribution < -0.4 is 5.73 Å². The third kappa shape index (κ3) is 7.19. The quantitative estimate of drug-likeness (QED) is 0.409. The molecule has 0 saturated carbocycles. The molecule has 2 aromatic carbocycles. The van der Waals surface area contributed by atoms with Crippen molar-refractivity contribution in [2.45, 2.75) is 70.1 Å². The minimum Gasteiger partial charge on any atom is -0.480 e. The monoisotopic (exact) mass is 523 g/mol. The van der Waals surface area contributed by atoms with Crippen molar-refractivity contribution in [3.63, 3.8) is 0 Å². The zero-order valence-electron chi connectivity index (χ0n) is 22.0. The molecule has 1 aliphatic heterocycles.